The number of rotatable bonds is 5. The lowest BCUT2D eigenvalue weighted by molar-refractivity contribution is 0.587. The SMILES string of the molecule is CC(C)NCc1ccc(Sc2cccs2)nc1. The maximum Gasteiger partial charge on any atom is 0.101 e. The summed E-state index contributed by atoms with van der Waals surface area (Å²) in [6, 6.07) is 8.91. The zero-order valence-electron chi connectivity index (χ0n) is 10.0. The predicted octanol–water partition coefficient (Wildman–Crippen LogP) is 3.79. The van der Waals surface area contributed by atoms with E-state index in [2.05, 4.69) is 53.8 Å². The number of hydrogen-bond donors (Lipinski definition) is 1. The molecule has 0 spiro atoms. The molecule has 0 aromatic carbocycles. The molecule has 2 rings (SSSR count). The third-order valence-corrected chi connectivity index (χ3v) is 4.20. The van der Waals surface area contributed by atoms with Gasteiger partial charge in [0.15, 0.2) is 0 Å². The number of nitrogens with one attached hydrogen (secondary N) is 1. The van der Waals surface area contributed by atoms with Crippen molar-refractivity contribution in [2.45, 2.75) is 35.7 Å². The van der Waals surface area contributed by atoms with Crippen LogP contribution in [0.3, 0.4) is 0 Å². The molecule has 1 N–H and O–H groups in total. The van der Waals surface area contributed by atoms with Gasteiger partial charge in [-0.2, -0.15) is 0 Å². The molecule has 0 fully saturated rings. The third kappa shape index (κ3) is 4.15. The lowest BCUT2D eigenvalue weighted by Crippen LogP contribution is -2.21. The highest BCUT2D eigenvalue weighted by molar-refractivity contribution is 8.01. The summed E-state index contributed by atoms with van der Waals surface area (Å²) in [6.07, 6.45) is 1.95. The van der Waals surface area contributed by atoms with Crippen LogP contribution in [0.4, 0.5) is 0 Å². The van der Waals surface area contributed by atoms with Crippen LogP contribution >= 0.6 is 23.1 Å². The molecule has 2 aromatic heterocycles. The summed E-state index contributed by atoms with van der Waals surface area (Å²) in [7, 11) is 0. The molecule has 4 heteroatoms. The van der Waals surface area contributed by atoms with Crippen molar-refractivity contribution in [3.05, 3.63) is 41.4 Å². The second kappa shape index (κ2) is 6.19. The Kier molecular flexibility index (Phi) is 4.59. The summed E-state index contributed by atoms with van der Waals surface area (Å²) in [5.74, 6) is 0. The first-order valence-electron chi connectivity index (χ1n) is 5.64. The van der Waals surface area contributed by atoms with E-state index in [0.29, 0.717) is 6.04 Å². The van der Waals surface area contributed by atoms with Gasteiger partial charge in [-0.05, 0) is 23.1 Å². The van der Waals surface area contributed by atoms with Gasteiger partial charge in [0.2, 0.25) is 0 Å². The highest BCUT2D eigenvalue weighted by Gasteiger charge is 2.00. The lowest BCUT2D eigenvalue weighted by atomic mass is 10.2. The number of hydrogen-bond acceptors (Lipinski definition) is 4. The minimum absolute atomic E-state index is 0.509. The van der Waals surface area contributed by atoms with Crippen LogP contribution in [-0.4, -0.2) is 11.0 Å². The van der Waals surface area contributed by atoms with Crippen LogP contribution in [0.5, 0.6) is 0 Å². The quantitative estimate of drug-likeness (QED) is 0.889. The van der Waals surface area contributed by atoms with E-state index in [0.717, 1.165) is 11.6 Å². The van der Waals surface area contributed by atoms with Gasteiger partial charge in [-0.25, -0.2) is 4.98 Å². The standard InChI is InChI=1S/C13H16N2S2/c1-10(2)14-8-11-5-6-12(15-9-11)17-13-4-3-7-16-13/h3-7,9-10,14H,8H2,1-2H3. The van der Waals surface area contributed by atoms with Gasteiger partial charge in [0, 0.05) is 18.8 Å². The summed E-state index contributed by atoms with van der Waals surface area (Å²) in [4.78, 5) is 4.46. The first-order valence-corrected chi connectivity index (χ1v) is 7.33. The largest absolute Gasteiger partial charge is 0.310 e. The van der Waals surface area contributed by atoms with Crippen molar-refractivity contribution in [1.82, 2.24) is 10.3 Å². The number of pyridine rings is 1. The molecule has 0 bridgehead atoms. The molecule has 17 heavy (non-hydrogen) atoms. The molecule has 0 unspecified atom stereocenters. The lowest BCUT2D eigenvalue weighted by Gasteiger charge is -2.07. The monoisotopic (exact) mass is 264 g/mol. The fraction of sp³-hybridized carbons (Fsp3) is 0.308. The molecule has 0 amide bonds. The van der Waals surface area contributed by atoms with Gasteiger partial charge < -0.3 is 5.32 Å². The van der Waals surface area contributed by atoms with E-state index in [1.54, 1.807) is 23.1 Å². The van der Waals surface area contributed by atoms with Crippen LogP contribution in [0, 0.1) is 0 Å². The van der Waals surface area contributed by atoms with Crippen molar-refractivity contribution in [1.29, 1.82) is 0 Å². The molecule has 0 atom stereocenters. The van der Waals surface area contributed by atoms with E-state index in [4.69, 9.17) is 0 Å². The second-order valence-electron chi connectivity index (χ2n) is 4.07. The molecular weight excluding hydrogens is 248 g/mol. The second-order valence-corrected chi connectivity index (χ2v) is 6.34. The average molecular weight is 264 g/mol. The maximum atomic E-state index is 4.46. The highest BCUT2D eigenvalue weighted by atomic mass is 32.2. The van der Waals surface area contributed by atoms with Crippen molar-refractivity contribution in [3.8, 4) is 0 Å². The summed E-state index contributed by atoms with van der Waals surface area (Å²) in [6.45, 7) is 5.18. The van der Waals surface area contributed by atoms with Crippen molar-refractivity contribution < 1.29 is 0 Å². The molecule has 0 aliphatic heterocycles. The molecule has 0 saturated heterocycles. The summed E-state index contributed by atoms with van der Waals surface area (Å²) < 4.78 is 1.28. The molecule has 0 aliphatic rings. The van der Waals surface area contributed by atoms with E-state index >= 15 is 0 Å². The Bertz CT molecular complexity index is 435. The number of aromatic nitrogens is 1. The van der Waals surface area contributed by atoms with Crippen LogP contribution in [0.2, 0.25) is 0 Å². The number of thiophene rings is 1. The average Bonchev–Trinajstić information content (AvgIpc) is 2.81. The van der Waals surface area contributed by atoms with E-state index in [9.17, 15) is 0 Å². The van der Waals surface area contributed by atoms with Gasteiger partial charge in [-0.3, -0.25) is 0 Å². The molecular formula is C13H16N2S2. The van der Waals surface area contributed by atoms with Gasteiger partial charge >= 0.3 is 0 Å². The summed E-state index contributed by atoms with van der Waals surface area (Å²) in [5.41, 5.74) is 1.23. The molecule has 2 aromatic rings. The fourth-order valence-corrected chi connectivity index (χ4v) is 2.98. The van der Waals surface area contributed by atoms with Crippen molar-refractivity contribution >= 4 is 23.1 Å². The molecule has 2 heterocycles. The Morgan fingerprint density at radius 3 is 2.82 bits per heavy atom. The van der Waals surface area contributed by atoms with E-state index in [-0.39, 0.29) is 0 Å². The molecule has 2 nitrogen and oxygen atoms in total. The van der Waals surface area contributed by atoms with Gasteiger partial charge in [-0.15, -0.1) is 11.3 Å². The van der Waals surface area contributed by atoms with Crippen molar-refractivity contribution in [3.63, 3.8) is 0 Å². The zero-order chi connectivity index (χ0) is 12.1. The van der Waals surface area contributed by atoms with E-state index < -0.39 is 0 Å². The van der Waals surface area contributed by atoms with Crippen molar-refractivity contribution in [2.24, 2.45) is 0 Å². The van der Waals surface area contributed by atoms with Gasteiger partial charge in [0.05, 0.1) is 4.21 Å². The smallest absolute Gasteiger partial charge is 0.101 e. The number of nitrogens with zero attached hydrogens (tertiary/aromatic N) is 1. The van der Waals surface area contributed by atoms with E-state index in [1.807, 2.05) is 6.20 Å². The zero-order valence-corrected chi connectivity index (χ0v) is 11.6. The summed E-state index contributed by atoms with van der Waals surface area (Å²) >= 11 is 3.46. The van der Waals surface area contributed by atoms with Gasteiger partial charge in [0.1, 0.15) is 5.03 Å². The molecule has 0 aliphatic carbocycles. The minimum atomic E-state index is 0.509. The van der Waals surface area contributed by atoms with Crippen LogP contribution in [0.15, 0.2) is 45.1 Å². The minimum Gasteiger partial charge on any atom is -0.310 e. The molecule has 0 saturated carbocycles. The van der Waals surface area contributed by atoms with E-state index in [1.165, 1.54) is 9.77 Å². The Labute approximate surface area is 110 Å². The first-order chi connectivity index (χ1) is 8.24. The van der Waals surface area contributed by atoms with Gasteiger partial charge in [0.25, 0.3) is 0 Å². The van der Waals surface area contributed by atoms with Crippen LogP contribution in [-0.2, 0) is 6.54 Å². The fourth-order valence-electron chi connectivity index (χ4n) is 1.32. The van der Waals surface area contributed by atoms with Crippen LogP contribution in [0.1, 0.15) is 19.4 Å². The Morgan fingerprint density at radius 1 is 1.35 bits per heavy atom. The summed E-state index contributed by atoms with van der Waals surface area (Å²) in [5, 5.41) is 6.52. The molecule has 90 valence electrons. The van der Waals surface area contributed by atoms with Crippen molar-refractivity contribution in [2.75, 3.05) is 0 Å². The molecule has 0 radical (unpaired) electrons. The normalized spacial score (nSPS) is 11.0. The predicted molar refractivity (Wildman–Crippen MR) is 74.7 cm³/mol. The van der Waals surface area contributed by atoms with Crippen LogP contribution in [0.25, 0.3) is 0 Å². The van der Waals surface area contributed by atoms with Gasteiger partial charge in [-0.1, -0.05) is 37.7 Å². The third-order valence-electron chi connectivity index (χ3n) is 2.21. The Hall–Kier alpha value is -0.840. The Balaban J connectivity index is 1.93. The van der Waals surface area contributed by atoms with Crippen LogP contribution < -0.4 is 5.32 Å². The topological polar surface area (TPSA) is 24.9 Å². The highest BCUT2D eigenvalue weighted by Crippen LogP contribution is 2.29. The first kappa shape index (κ1) is 12.6. The maximum absolute atomic E-state index is 4.46. The Morgan fingerprint density at radius 2 is 2.24 bits per heavy atom.